The molecule has 4 N–H and O–H groups in total. The number of hydrogen-bond donors (Lipinski definition) is 4. The van der Waals surface area contributed by atoms with Gasteiger partial charge < -0.3 is 20.1 Å². The Kier molecular flexibility index (Phi) is 6.26. The molecule has 8 nitrogen and oxygen atoms in total. The van der Waals surface area contributed by atoms with Gasteiger partial charge in [-0.3, -0.25) is 10.7 Å². The van der Waals surface area contributed by atoms with Crippen molar-refractivity contribution in [2.45, 2.75) is 18.9 Å². The van der Waals surface area contributed by atoms with Crippen molar-refractivity contribution in [3.63, 3.8) is 0 Å². The maximum absolute atomic E-state index is 14.2. The molecule has 31 heavy (non-hydrogen) atoms. The summed E-state index contributed by atoms with van der Waals surface area (Å²) in [5.41, 5.74) is 0.270. The average Bonchev–Trinajstić information content (AvgIpc) is 3.44. The van der Waals surface area contributed by atoms with Crippen LogP contribution in [0.25, 0.3) is 6.08 Å². The monoisotopic (exact) mass is 429 g/mol. The van der Waals surface area contributed by atoms with E-state index < -0.39 is 11.6 Å². The minimum atomic E-state index is -0.490. The largest absolute Gasteiger partial charge is 0.350 e. The number of halogens is 2. The van der Waals surface area contributed by atoms with Gasteiger partial charge in [-0.2, -0.15) is 0 Å². The molecule has 1 aromatic carbocycles. The van der Waals surface area contributed by atoms with Crippen molar-refractivity contribution in [1.82, 2.24) is 25.1 Å². The van der Waals surface area contributed by atoms with Crippen molar-refractivity contribution in [2.24, 2.45) is 0 Å². The first-order chi connectivity index (χ1) is 15.0. The summed E-state index contributed by atoms with van der Waals surface area (Å²) in [6.07, 6.45) is 6.15. The predicted octanol–water partition coefficient (Wildman–Crippen LogP) is 2.95. The lowest BCUT2D eigenvalue weighted by Crippen LogP contribution is -2.48. The standard InChI is InChI=1S/C21H25F2N7O/c22-14-3-4-16(23)15(12-14)17-2-1-9-30(17)18(24)5-6-19-26-13-20(27-19)28-21(31)29-10-7-25-8-11-29/h3-6,12-13,17,24-25H,1-2,7-11H2,(H,26,27)(H,28,31)/b6-5-,24-18?. The van der Waals surface area contributed by atoms with Crippen LogP contribution in [0.15, 0.2) is 30.5 Å². The van der Waals surface area contributed by atoms with Crippen molar-refractivity contribution in [2.75, 3.05) is 38.0 Å². The number of H-pyrrole nitrogens is 1. The Bertz CT molecular complexity index is 984. The van der Waals surface area contributed by atoms with E-state index in [0.29, 0.717) is 37.7 Å². The normalized spacial score (nSPS) is 19.2. The van der Waals surface area contributed by atoms with Crippen LogP contribution in [0.1, 0.15) is 30.3 Å². The number of hydrogen-bond acceptors (Lipinski definition) is 4. The molecule has 2 fully saturated rings. The van der Waals surface area contributed by atoms with E-state index >= 15 is 0 Å². The van der Waals surface area contributed by atoms with E-state index in [0.717, 1.165) is 31.6 Å². The number of carbonyl (C=O) groups excluding carboxylic acids is 1. The van der Waals surface area contributed by atoms with Gasteiger partial charge in [0.15, 0.2) is 0 Å². The molecule has 2 amide bonds. The van der Waals surface area contributed by atoms with Crippen molar-refractivity contribution < 1.29 is 13.6 Å². The van der Waals surface area contributed by atoms with Crippen molar-refractivity contribution >= 4 is 23.8 Å². The lowest BCUT2D eigenvalue weighted by molar-refractivity contribution is 0.204. The number of nitrogens with zero attached hydrogens (tertiary/aromatic N) is 3. The van der Waals surface area contributed by atoms with Gasteiger partial charge in [0.25, 0.3) is 0 Å². The summed E-state index contributed by atoms with van der Waals surface area (Å²) in [6, 6.07) is 2.86. The van der Waals surface area contributed by atoms with Crippen LogP contribution in [-0.2, 0) is 0 Å². The molecule has 2 aliphatic heterocycles. The number of rotatable bonds is 4. The minimum Gasteiger partial charge on any atom is -0.350 e. The molecule has 0 radical (unpaired) electrons. The number of aromatic amines is 1. The Hall–Kier alpha value is -3.27. The van der Waals surface area contributed by atoms with Crippen LogP contribution >= 0.6 is 0 Å². The average molecular weight is 429 g/mol. The van der Waals surface area contributed by atoms with Crippen molar-refractivity contribution in [3.05, 3.63) is 53.5 Å². The Labute approximate surface area is 178 Å². The lowest BCUT2D eigenvalue weighted by Gasteiger charge is -2.27. The molecule has 0 aliphatic carbocycles. The second kappa shape index (κ2) is 9.25. The second-order valence-electron chi connectivity index (χ2n) is 7.59. The van der Waals surface area contributed by atoms with Gasteiger partial charge in [-0.25, -0.2) is 18.6 Å². The van der Waals surface area contributed by atoms with Gasteiger partial charge in [-0.1, -0.05) is 0 Å². The summed E-state index contributed by atoms with van der Waals surface area (Å²) >= 11 is 0. The van der Waals surface area contributed by atoms with E-state index in [4.69, 9.17) is 5.41 Å². The summed E-state index contributed by atoms with van der Waals surface area (Å²) in [6.45, 7) is 3.42. The number of likely N-dealkylation sites (tertiary alicyclic amines) is 1. The van der Waals surface area contributed by atoms with Gasteiger partial charge in [0, 0.05) is 38.3 Å². The number of carbonyl (C=O) groups is 1. The fourth-order valence-electron chi connectivity index (χ4n) is 3.95. The van der Waals surface area contributed by atoms with E-state index in [1.165, 1.54) is 12.3 Å². The van der Waals surface area contributed by atoms with Crippen LogP contribution in [0.3, 0.4) is 0 Å². The smallest absolute Gasteiger partial charge is 0.323 e. The highest BCUT2D eigenvalue weighted by Gasteiger charge is 2.29. The Morgan fingerprint density at radius 1 is 1.26 bits per heavy atom. The number of nitrogens with one attached hydrogen (secondary N) is 4. The molecule has 0 saturated carbocycles. The molecule has 2 aliphatic rings. The van der Waals surface area contributed by atoms with Crippen LogP contribution in [-0.4, -0.2) is 64.4 Å². The summed E-state index contributed by atoms with van der Waals surface area (Å²) in [4.78, 5) is 22.9. The molecule has 0 spiro atoms. The Morgan fingerprint density at radius 3 is 2.87 bits per heavy atom. The van der Waals surface area contributed by atoms with Gasteiger partial charge in [-0.15, -0.1) is 0 Å². The van der Waals surface area contributed by atoms with Crippen molar-refractivity contribution in [3.8, 4) is 0 Å². The summed E-state index contributed by atoms with van der Waals surface area (Å²) in [7, 11) is 0. The maximum Gasteiger partial charge on any atom is 0.323 e. The molecular weight excluding hydrogens is 404 g/mol. The highest BCUT2D eigenvalue weighted by Crippen LogP contribution is 2.34. The van der Waals surface area contributed by atoms with Crippen LogP contribution < -0.4 is 10.6 Å². The topological polar surface area (TPSA) is 100 Å². The van der Waals surface area contributed by atoms with Gasteiger partial charge in [0.1, 0.15) is 29.1 Å². The SMILES string of the molecule is N=C(/C=C\c1ncc(NC(=O)N2CCNCC2)[nH]1)N1CCCC1c1cc(F)ccc1F. The van der Waals surface area contributed by atoms with Crippen LogP contribution in [0.2, 0.25) is 0 Å². The number of amides is 2. The third-order valence-electron chi connectivity index (χ3n) is 5.52. The number of piperazine rings is 1. The van der Waals surface area contributed by atoms with E-state index in [-0.39, 0.29) is 23.5 Å². The van der Waals surface area contributed by atoms with Crippen molar-refractivity contribution in [1.29, 1.82) is 5.41 Å². The quantitative estimate of drug-likeness (QED) is 0.444. The first-order valence-electron chi connectivity index (χ1n) is 10.3. The van der Waals surface area contributed by atoms with Crippen LogP contribution in [0, 0.1) is 17.0 Å². The van der Waals surface area contributed by atoms with Gasteiger partial charge in [0.2, 0.25) is 0 Å². The van der Waals surface area contributed by atoms with Crippen LogP contribution in [0.4, 0.5) is 19.4 Å². The number of aromatic nitrogens is 2. The summed E-state index contributed by atoms with van der Waals surface area (Å²) in [5.74, 6) is 0.180. The Balaban J connectivity index is 1.38. The fraction of sp³-hybridized carbons (Fsp3) is 0.381. The molecule has 10 heteroatoms. The zero-order valence-electron chi connectivity index (χ0n) is 17.0. The Morgan fingerprint density at radius 2 is 2.06 bits per heavy atom. The summed E-state index contributed by atoms with van der Waals surface area (Å²) < 4.78 is 27.8. The van der Waals surface area contributed by atoms with Gasteiger partial charge in [-0.05, 0) is 43.2 Å². The molecule has 1 atom stereocenters. The third-order valence-corrected chi connectivity index (χ3v) is 5.52. The predicted molar refractivity (Wildman–Crippen MR) is 114 cm³/mol. The lowest BCUT2D eigenvalue weighted by atomic mass is 10.0. The van der Waals surface area contributed by atoms with E-state index in [1.54, 1.807) is 22.0 Å². The van der Waals surface area contributed by atoms with Gasteiger partial charge in [0.05, 0.1) is 12.2 Å². The molecule has 4 rings (SSSR count). The molecular formula is C21H25F2N7O. The molecule has 0 bridgehead atoms. The number of anilines is 1. The minimum absolute atomic E-state index is 0.189. The number of urea groups is 1. The molecule has 2 saturated heterocycles. The number of benzene rings is 1. The molecule has 2 aromatic rings. The molecule has 3 heterocycles. The fourth-order valence-corrected chi connectivity index (χ4v) is 3.95. The second-order valence-corrected chi connectivity index (χ2v) is 7.59. The highest BCUT2D eigenvalue weighted by molar-refractivity contribution is 5.94. The zero-order valence-corrected chi connectivity index (χ0v) is 17.0. The molecule has 164 valence electrons. The first-order valence-corrected chi connectivity index (χ1v) is 10.3. The molecule has 1 unspecified atom stereocenters. The van der Waals surface area contributed by atoms with E-state index in [9.17, 15) is 13.6 Å². The van der Waals surface area contributed by atoms with E-state index in [1.807, 2.05) is 0 Å². The highest BCUT2D eigenvalue weighted by atomic mass is 19.1. The van der Waals surface area contributed by atoms with Gasteiger partial charge >= 0.3 is 6.03 Å². The number of imidazole rings is 1. The van der Waals surface area contributed by atoms with Crippen LogP contribution in [0.5, 0.6) is 0 Å². The third kappa shape index (κ3) is 4.91. The maximum atomic E-state index is 14.2. The molecule has 1 aromatic heterocycles. The summed E-state index contributed by atoms with van der Waals surface area (Å²) in [5, 5.41) is 14.4. The zero-order chi connectivity index (χ0) is 21.8. The first kappa shape index (κ1) is 21.0. The number of amidine groups is 1. The van der Waals surface area contributed by atoms with E-state index in [2.05, 4.69) is 20.6 Å².